The Bertz CT molecular complexity index is 600. The van der Waals surface area contributed by atoms with Crippen LogP contribution in [0.4, 0.5) is 4.39 Å². The monoisotopic (exact) mass is 341 g/mol. The van der Waals surface area contributed by atoms with Gasteiger partial charge in [0.15, 0.2) is 0 Å². The Morgan fingerprint density at radius 1 is 1.50 bits per heavy atom. The van der Waals surface area contributed by atoms with E-state index in [1.54, 1.807) is 25.4 Å². The number of hydrogen-bond acceptors (Lipinski definition) is 3. The third-order valence-corrected chi connectivity index (χ3v) is 3.83. The van der Waals surface area contributed by atoms with Crippen molar-refractivity contribution in [3.05, 3.63) is 45.9 Å². The van der Waals surface area contributed by atoms with Crippen LogP contribution in [0.1, 0.15) is 24.2 Å². The van der Waals surface area contributed by atoms with E-state index in [1.807, 2.05) is 11.6 Å². The number of benzene rings is 1. The summed E-state index contributed by atoms with van der Waals surface area (Å²) in [4.78, 5) is 0. The molecule has 0 fully saturated rings. The van der Waals surface area contributed by atoms with Gasteiger partial charge in [0.25, 0.3) is 0 Å². The molecule has 1 heterocycles. The first-order chi connectivity index (χ1) is 9.63. The molecule has 4 nitrogen and oxygen atoms in total. The highest BCUT2D eigenvalue weighted by Crippen LogP contribution is 2.35. The third-order valence-electron chi connectivity index (χ3n) is 3.22. The molecule has 0 bridgehead atoms. The van der Waals surface area contributed by atoms with E-state index in [1.165, 1.54) is 13.2 Å². The molecular weight excluding hydrogens is 325 g/mol. The van der Waals surface area contributed by atoms with Crippen molar-refractivity contribution < 1.29 is 9.13 Å². The Labute approximate surface area is 126 Å². The van der Waals surface area contributed by atoms with Crippen LogP contribution in [-0.4, -0.2) is 23.9 Å². The van der Waals surface area contributed by atoms with E-state index in [9.17, 15) is 4.39 Å². The Balaban J connectivity index is 2.61. The summed E-state index contributed by atoms with van der Waals surface area (Å²) >= 11 is 3.48. The highest BCUT2D eigenvalue weighted by atomic mass is 79.9. The number of aromatic nitrogens is 2. The summed E-state index contributed by atoms with van der Waals surface area (Å²) in [6, 6.07) is 4.48. The van der Waals surface area contributed by atoms with Gasteiger partial charge in [0.1, 0.15) is 11.6 Å². The first-order valence-corrected chi connectivity index (χ1v) is 7.14. The van der Waals surface area contributed by atoms with Crippen LogP contribution in [0.3, 0.4) is 0 Å². The number of aryl methyl sites for hydroxylation is 1. The summed E-state index contributed by atoms with van der Waals surface area (Å²) in [5, 5.41) is 7.42. The van der Waals surface area contributed by atoms with Gasteiger partial charge in [0, 0.05) is 6.54 Å². The Morgan fingerprint density at radius 3 is 2.85 bits per heavy atom. The Hall–Kier alpha value is -1.40. The van der Waals surface area contributed by atoms with Gasteiger partial charge in [-0.25, -0.2) is 4.39 Å². The fourth-order valence-electron chi connectivity index (χ4n) is 2.30. The standard InChI is InChI=1S/C14H17BrFN3O/c1-4-19-14(9(15)8-18-19)13(17-2)12-10(16)6-5-7-11(12)20-3/h5-8,13,17H,4H2,1-3H3. The predicted molar refractivity (Wildman–Crippen MR) is 79.5 cm³/mol. The Kier molecular flexibility index (Phi) is 4.77. The van der Waals surface area contributed by atoms with Gasteiger partial charge in [-0.1, -0.05) is 6.07 Å². The molecule has 0 aliphatic carbocycles. The number of hydrogen-bond donors (Lipinski definition) is 1. The number of halogens is 2. The Morgan fingerprint density at radius 2 is 2.25 bits per heavy atom. The van der Waals surface area contributed by atoms with Crippen molar-refractivity contribution in [3.8, 4) is 5.75 Å². The summed E-state index contributed by atoms with van der Waals surface area (Å²) in [7, 11) is 3.33. The van der Waals surface area contributed by atoms with Gasteiger partial charge in [-0.2, -0.15) is 5.10 Å². The molecule has 0 spiro atoms. The summed E-state index contributed by atoms with van der Waals surface area (Å²) in [5.74, 6) is 0.208. The SMILES string of the molecule is CCn1ncc(Br)c1C(NC)c1c(F)cccc1OC. The van der Waals surface area contributed by atoms with E-state index < -0.39 is 0 Å². The summed E-state index contributed by atoms with van der Waals surface area (Å²) in [6.07, 6.45) is 1.72. The summed E-state index contributed by atoms with van der Waals surface area (Å²) in [5.41, 5.74) is 1.35. The molecule has 0 saturated carbocycles. The van der Waals surface area contributed by atoms with Gasteiger partial charge in [0.2, 0.25) is 0 Å². The summed E-state index contributed by atoms with van der Waals surface area (Å²) < 4.78 is 22.2. The third kappa shape index (κ3) is 2.58. The maximum Gasteiger partial charge on any atom is 0.132 e. The minimum absolute atomic E-state index is 0.306. The van der Waals surface area contributed by atoms with E-state index in [0.29, 0.717) is 17.9 Å². The molecule has 1 unspecified atom stereocenters. The zero-order valence-corrected chi connectivity index (χ0v) is 13.2. The molecule has 2 rings (SSSR count). The van der Waals surface area contributed by atoms with E-state index >= 15 is 0 Å². The van der Waals surface area contributed by atoms with E-state index in [4.69, 9.17) is 4.74 Å². The van der Waals surface area contributed by atoms with Gasteiger partial charge in [-0.15, -0.1) is 0 Å². The lowest BCUT2D eigenvalue weighted by atomic mass is 10.0. The number of ether oxygens (including phenoxy) is 1. The zero-order chi connectivity index (χ0) is 14.7. The molecule has 0 radical (unpaired) electrons. The number of nitrogens with zero attached hydrogens (tertiary/aromatic N) is 2. The minimum Gasteiger partial charge on any atom is -0.496 e. The fraction of sp³-hybridized carbons (Fsp3) is 0.357. The van der Waals surface area contributed by atoms with Crippen LogP contribution < -0.4 is 10.1 Å². The van der Waals surface area contributed by atoms with E-state index in [-0.39, 0.29) is 11.9 Å². The molecule has 0 aliphatic heterocycles. The normalized spacial score (nSPS) is 12.4. The largest absolute Gasteiger partial charge is 0.496 e. The maximum atomic E-state index is 14.3. The van der Waals surface area contributed by atoms with Gasteiger partial charge < -0.3 is 10.1 Å². The van der Waals surface area contributed by atoms with Crippen LogP contribution in [0, 0.1) is 5.82 Å². The summed E-state index contributed by atoms with van der Waals surface area (Å²) in [6.45, 7) is 2.70. The molecular formula is C14H17BrFN3O. The first-order valence-electron chi connectivity index (χ1n) is 6.34. The second kappa shape index (κ2) is 6.37. The first kappa shape index (κ1) is 15.0. The molecule has 1 N–H and O–H groups in total. The highest BCUT2D eigenvalue weighted by Gasteiger charge is 2.25. The second-order valence-corrected chi connectivity index (χ2v) is 5.13. The number of rotatable bonds is 5. The molecule has 0 amide bonds. The smallest absolute Gasteiger partial charge is 0.132 e. The van der Waals surface area contributed by atoms with Crippen LogP contribution in [0.25, 0.3) is 0 Å². The average molecular weight is 342 g/mol. The average Bonchev–Trinajstić information content (AvgIpc) is 2.82. The van der Waals surface area contributed by atoms with Crippen LogP contribution in [0.5, 0.6) is 5.75 Å². The topological polar surface area (TPSA) is 39.1 Å². The van der Waals surface area contributed by atoms with Crippen molar-refractivity contribution in [1.29, 1.82) is 0 Å². The van der Waals surface area contributed by atoms with Crippen LogP contribution in [0.15, 0.2) is 28.9 Å². The molecule has 1 aromatic heterocycles. The van der Waals surface area contributed by atoms with Crippen molar-refractivity contribution in [3.63, 3.8) is 0 Å². The van der Waals surface area contributed by atoms with Crippen LogP contribution in [0.2, 0.25) is 0 Å². The maximum absolute atomic E-state index is 14.3. The molecule has 20 heavy (non-hydrogen) atoms. The van der Waals surface area contributed by atoms with Crippen molar-refractivity contribution >= 4 is 15.9 Å². The van der Waals surface area contributed by atoms with Crippen molar-refractivity contribution in [2.45, 2.75) is 19.5 Å². The van der Waals surface area contributed by atoms with Crippen LogP contribution in [-0.2, 0) is 6.54 Å². The van der Waals surface area contributed by atoms with Crippen LogP contribution >= 0.6 is 15.9 Å². The lowest BCUT2D eigenvalue weighted by Gasteiger charge is -2.21. The van der Waals surface area contributed by atoms with Crippen molar-refractivity contribution in [2.75, 3.05) is 14.2 Å². The molecule has 1 aromatic carbocycles. The highest BCUT2D eigenvalue weighted by molar-refractivity contribution is 9.10. The molecule has 2 aromatic rings. The molecule has 0 saturated heterocycles. The van der Waals surface area contributed by atoms with Gasteiger partial charge in [-0.05, 0) is 42.0 Å². The molecule has 1 atom stereocenters. The van der Waals surface area contributed by atoms with Gasteiger partial charge >= 0.3 is 0 Å². The zero-order valence-electron chi connectivity index (χ0n) is 11.7. The lowest BCUT2D eigenvalue weighted by Crippen LogP contribution is -2.23. The number of methoxy groups -OCH3 is 1. The van der Waals surface area contributed by atoms with Gasteiger partial charge in [-0.3, -0.25) is 4.68 Å². The van der Waals surface area contributed by atoms with E-state index in [0.717, 1.165) is 10.2 Å². The predicted octanol–water partition coefficient (Wildman–Crippen LogP) is 3.12. The molecule has 108 valence electrons. The fourth-order valence-corrected chi connectivity index (χ4v) is 2.83. The quantitative estimate of drug-likeness (QED) is 0.908. The molecule has 0 aliphatic rings. The lowest BCUT2D eigenvalue weighted by molar-refractivity contribution is 0.396. The van der Waals surface area contributed by atoms with Crippen molar-refractivity contribution in [2.24, 2.45) is 0 Å². The van der Waals surface area contributed by atoms with E-state index in [2.05, 4.69) is 26.3 Å². The van der Waals surface area contributed by atoms with Gasteiger partial charge in [0.05, 0.1) is 35.1 Å². The second-order valence-electron chi connectivity index (χ2n) is 4.27. The molecule has 6 heteroatoms. The minimum atomic E-state index is -0.344. The number of nitrogens with one attached hydrogen (secondary N) is 1. The van der Waals surface area contributed by atoms with Crippen molar-refractivity contribution in [1.82, 2.24) is 15.1 Å².